The molecule has 1 fully saturated rings. The first kappa shape index (κ1) is 15.8. The van der Waals surface area contributed by atoms with Gasteiger partial charge in [-0.15, -0.1) is 35.3 Å². The summed E-state index contributed by atoms with van der Waals surface area (Å²) in [6, 6.07) is 4.70. The van der Waals surface area contributed by atoms with E-state index in [2.05, 4.69) is 41.7 Å². The van der Waals surface area contributed by atoms with Crippen molar-refractivity contribution in [2.45, 2.75) is 39.2 Å². The molecular weight excluding hydrogens is 357 g/mol. The van der Waals surface area contributed by atoms with Crippen molar-refractivity contribution in [1.82, 2.24) is 5.32 Å². The average molecular weight is 379 g/mol. The number of hydrogen-bond donors (Lipinski definition) is 2. The summed E-state index contributed by atoms with van der Waals surface area (Å²) in [6.07, 6.45) is 3.45. The van der Waals surface area contributed by atoms with Crippen LogP contribution in [0.2, 0.25) is 0 Å². The van der Waals surface area contributed by atoms with E-state index in [1.54, 1.807) is 11.3 Å². The van der Waals surface area contributed by atoms with Crippen LogP contribution in [0, 0.1) is 5.41 Å². The van der Waals surface area contributed by atoms with Crippen molar-refractivity contribution in [1.29, 1.82) is 0 Å². The number of guanidine groups is 1. The third-order valence-electron chi connectivity index (χ3n) is 3.56. The molecule has 18 heavy (non-hydrogen) atoms. The van der Waals surface area contributed by atoms with E-state index in [0.29, 0.717) is 17.4 Å². The van der Waals surface area contributed by atoms with Gasteiger partial charge in [0.25, 0.3) is 0 Å². The molecule has 0 spiro atoms. The number of thiophene rings is 1. The lowest BCUT2D eigenvalue weighted by Crippen LogP contribution is -2.54. The van der Waals surface area contributed by atoms with Crippen LogP contribution in [-0.2, 0) is 6.42 Å². The molecule has 1 heterocycles. The molecule has 1 aliphatic carbocycles. The molecule has 102 valence electrons. The smallest absolute Gasteiger partial charge is 0.188 e. The maximum Gasteiger partial charge on any atom is 0.188 e. The Morgan fingerprint density at radius 1 is 1.61 bits per heavy atom. The Morgan fingerprint density at radius 3 is 2.89 bits per heavy atom. The molecule has 1 unspecified atom stereocenters. The van der Waals surface area contributed by atoms with Gasteiger partial charge in [-0.2, -0.15) is 0 Å². The van der Waals surface area contributed by atoms with Crippen molar-refractivity contribution in [3.63, 3.8) is 0 Å². The molecule has 1 aliphatic rings. The van der Waals surface area contributed by atoms with Gasteiger partial charge in [-0.1, -0.05) is 19.9 Å². The molecule has 0 saturated heterocycles. The number of rotatable bonds is 4. The van der Waals surface area contributed by atoms with E-state index >= 15 is 0 Å². The minimum absolute atomic E-state index is 0. The fourth-order valence-electron chi connectivity index (χ4n) is 2.10. The van der Waals surface area contributed by atoms with E-state index in [1.807, 2.05) is 0 Å². The van der Waals surface area contributed by atoms with Crippen LogP contribution in [-0.4, -0.2) is 18.5 Å². The van der Waals surface area contributed by atoms with Crippen molar-refractivity contribution < 1.29 is 0 Å². The van der Waals surface area contributed by atoms with E-state index in [0.717, 1.165) is 13.0 Å². The Morgan fingerprint density at radius 2 is 2.39 bits per heavy atom. The Bertz CT molecular complexity index is 387. The van der Waals surface area contributed by atoms with Crippen LogP contribution in [0.15, 0.2) is 22.5 Å². The van der Waals surface area contributed by atoms with Gasteiger partial charge in [0.05, 0.1) is 0 Å². The molecule has 0 aromatic carbocycles. The highest BCUT2D eigenvalue weighted by Gasteiger charge is 2.38. The van der Waals surface area contributed by atoms with Crippen molar-refractivity contribution in [3.05, 3.63) is 22.4 Å². The monoisotopic (exact) mass is 379 g/mol. The third-order valence-corrected chi connectivity index (χ3v) is 4.50. The van der Waals surface area contributed by atoms with E-state index in [9.17, 15) is 0 Å². The summed E-state index contributed by atoms with van der Waals surface area (Å²) in [4.78, 5) is 5.74. The largest absolute Gasteiger partial charge is 0.370 e. The van der Waals surface area contributed by atoms with Crippen LogP contribution in [0.4, 0.5) is 0 Å². The SMILES string of the molecule is CC1(C)CCC1NC(N)=NCCc1cccs1.I. The summed E-state index contributed by atoms with van der Waals surface area (Å²) in [6.45, 7) is 5.31. The Hall–Kier alpha value is -0.300. The molecule has 0 radical (unpaired) electrons. The van der Waals surface area contributed by atoms with Gasteiger partial charge in [-0.25, -0.2) is 0 Å². The first-order valence-electron chi connectivity index (χ1n) is 6.17. The zero-order chi connectivity index (χ0) is 12.3. The quantitative estimate of drug-likeness (QED) is 0.480. The van der Waals surface area contributed by atoms with Crippen LogP contribution in [0.5, 0.6) is 0 Å². The Labute approximate surface area is 130 Å². The molecule has 2 rings (SSSR count). The van der Waals surface area contributed by atoms with Crippen LogP contribution in [0.25, 0.3) is 0 Å². The van der Waals surface area contributed by atoms with Gasteiger partial charge in [0.1, 0.15) is 0 Å². The summed E-state index contributed by atoms with van der Waals surface area (Å²) in [7, 11) is 0. The number of hydrogen-bond acceptors (Lipinski definition) is 2. The molecule has 0 aliphatic heterocycles. The summed E-state index contributed by atoms with van der Waals surface area (Å²) in [5.74, 6) is 0.597. The molecular formula is C13H22IN3S. The predicted molar refractivity (Wildman–Crippen MR) is 89.9 cm³/mol. The fraction of sp³-hybridized carbons (Fsp3) is 0.615. The van der Waals surface area contributed by atoms with Gasteiger partial charge in [0.15, 0.2) is 5.96 Å². The Balaban J connectivity index is 0.00000162. The molecule has 0 bridgehead atoms. The number of aliphatic imine (C=N–C) groups is 1. The lowest BCUT2D eigenvalue weighted by molar-refractivity contribution is 0.126. The van der Waals surface area contributed by atoms with Gasteiger partial charge in [-0.3, -0.25) is 4.99 Å². The number of nitrogens with zero attached hydrogens (tertiary/aromatic N) is 1. The molecule has 1 saturated carbocycles. The number of halogens is 1. The second-order valence-corrected chi connectivity index (χ2v) is 6.35. The van der Waals surface area contributed by atoms with Crippen LogP contribution < -0.4 is 11.1 Å². The van der Waals surface area contributed by atoms with Crippen LogP contribution in [0.3, 0.4) is 0 Å². The zero-order valence-corrected chi connectivity index (χ0v) is 14.1. The Kier molecular flexibility index (Phi) is 5.91. The van der Waals surface area contributed by atoms with Crippen LogP contribution in [0.1, 0.15) is 31.6 Å². The highest BCUT2D eigenvalue weighted by Crippen LogP contribution is 2.39. The minimum Gasteiger partial charge on any atom is -0.370 e. The maximum absolute atomic E-state index is 5.89. The van der Waals surface area contributed by atoms with Gasteiger partial charge >= 0.3 is 0 Å². The van der Waals surface area contributed by atoms with E-state index < -0.39 is 0 Å². The summed E-state index contributed by atoms with van der Waals surface area (Å²) < 4.78 is 0. The highest BCUT2D eigenvalue weighted by atomic mass is 127. The molecule has 1 aromatic heterocycles. The number of nitrogens with one attached hydrogen (secondary N) is 1. The van der Waals surface area contributed by atoms with E-state index in [4.69, 9.17) is 5.73 Å². The molecule has 1 aromatic rings. The minimum atomic E-state index is 0. The molecule has 5 heteroatoms. The predicted octanol–water partition coefficient (Wildman–Crippen LogP) is 3.00. The second-order valence-electron chi connectivity index (χ2n) is 5.32. The van der Waals surface area contributed by atoms with Crippen molar-refractivity contribution in [3.8, 4) is 0 Å². The standard InChI is InChI=1S/C13H21N3S.HI/c1-13(2)7-5-11(13)16-12(14)15-8-6-10-4-3-9-17-10;/h3-4,9,11H,5-8H2,1-2H3,(H3,14,15,16);1H. The molecule has 0 amide bonds. The molecule has 1 atom stereocenters. The van der Waals surface area contributed by atoms with Gasteiger partial charge in [0, 0.05) is 23.9 Å². The van der Waals surface area contributed by atoms with Crippen LogP contribution >= 0.6 is 35.3 Å². The van der Waals surface area contributed by atoms with Crippen molar-refractivity contribution >= 4 is 41.3 Å². The lowest BCUT2D eigenvalue weighted by Gasteiger charge is -2.45. The van der Waals surface area contributed by atoms with Crippen molar-refractivity contribution in [2.75, 3.05) is 6.54 Å². The topological polar surface area (TPSA) is 50.4 Å². The van der Waals surface area contributed by atoms with E-state index in [-0.39, 0.29) is 24.0 Å². The summed E-state index contributed by atoms with van der Waals surface area (Å²) >= 11 is 1.77. The summed E-state index contributed by atoms with van der Waals surface area (Å²) in [5.41, 5.74) is 6.26. The second kappa shape index (κ2) is 6.75. The number of nitrogens with two attached hydrogens (primary N) is 1. The first-order valence-corrected chi connectivity index (χ1v) is 7.05. The normalized spacial score (nSPS) is 21.9. The molecule has 3 nitrogen and oxygen atoms in total. The summed E-state index contributed by atoms with van der Waals surface area (Å²) in [5, 5.41) is 5.41. The zero-order valence-electron chi connectivity index (χ0n) is 11.0. The van der Waals surface area contributed by atoms with E-state index in [1.165, 1.54) is 17.7 Å². The lowest BCUT2D eigenvalue weighted by atomic mass is 9.67. The molecule has 3 N–H and O–H groups in total. The maximum atomic E-state index is 5.89. The van der Waals surface area contributed by atoms with Gasteiger partial charge in [-0.05, 0) is 29.7 Å². The third kappa shape index (κ3) is 4.12. The fourth-order valence-corrected chi connectivity index (χ4v) is 2.80. The highest BCUT2D eigenvalue weighted by molar-refractivity contribution is 14.0. The van der Waals surface area contributed by atoms with Crippen molar-refractivity contribution in [2.24, 2.45) is 16.1 Å². The first-order chi connectivity index (χ1) is 8.08. The van der Waals surface area contributed by atoms with Gasteiger partial charge in [0.2, 0.25) is 0 Å². The average Bonchev–Trinajstić information content (AvgIpc) is 2.78. The van der Waals surface area contributed by atoms with Gasteiger partial charge < -0.3 is 11.1 Å².